The average Bonchev–Trinajstić information content (AvgIpc) is 2.81. The van der Waals surface area contributed by atoms with Crippen molar-refractivity contribution < 1.29 is 66.7 Å². The summed E-state index contributed by atoms with van der Waals surface area (Å²) in [5.74, 6) is -5.66. The first-order valence-corrected chi connectivity index (χ1v) is 12.7. The van der Waals surface area contributed by atoms with Gasteiger partial charge in [0.2, 0.25) is 0 Å². The smallest absolute Gasteiger partial charge is 0.305 e. The van der Waals surface area contributed by atoms with Crippen LogP contribution in [0, 0.1) is 0 Å². The lowest BCUT2D eigenvalue weighted by atomic mass is 9.91. The van der Waals surface area contributed by atoms with Gasteiger partial charge in [-0.05, 0) is 19.3 Å². The van der Waals surface area contributed by atoms with Crippen molar-refractivity contribution in [3.05, 3.63) is 0 Å². The van der Waals surface area contributed by atoms with E-state index >= 15 is 0 Å². The molecule has 6 atom stereocenters. The third-order valence-electron chi connectivity index (χ3n) is 5.22. The van der Waals surface area contributed by atoms with Gasteiger partial charge in [0.1, 0.15) is 12.2 Å². The number of carbonyl (C=O) groups is 7. The largest absolute Gasteiger partial charge is 0.469 e. The van der Waals surface area contributed by atoms with Crippen molar-refractivity contribution in [3.63, 3.8) is 0 Å². The highest BCUT2D eigenvalue weighted by Crippen LogP contribution is 2.28. The third-order valence-corrected chi connectivity index (χ3v) is 5.22. The normalized spacial score (nSPS) is 15.1. The lowest BCUT2D eigenvalue weighted by molar-refractivity contribution is -0.219. The summed E-state index contributed by atoms with van der Waals surface area (Å²) in [6.45, 7) is 8.13. The Morgan fingerprint density at radius 3 is 1.12 bits per heavy atom. The molecule has 0 spiro atoms. The van der Waals surface area contributed by atoms with Crippen LogP contribution in [0.25, 0.3) is 0 Å². The molecule has 0 aliphatic carbocycles. The van der Waals surface area contributed by atoms with Crippen LogP contribution >= 0.6 is 0 Å². The molecular formula is C26H40O14. The first-order valence-electron chi connectivity index (χ1n) is 12.7. The Balaban J connectivity index is 7.07. The van der Waals surface area contributed by atoms with E-state index in [0.717, 1.165) is 41.5 Å². The molecule has 0 heterocycles. The zero-order valence-corrected chi connectivity index (χ0v) is 24.2. The number of esters is 7. The summed E-state index contributed by atoms with van der Waals surface area (Å²) in [4.78, 5) is 84.4. The summed E-state index contributed by atoms with van der Waals surface area (Å²) in [5, 5.41) is 0. The second-order valence-corrected chi connectivity index (χ2v) is 8.85. The molecule has 0 N–H and O–H groups in total. The van der Waals surface area contributed by atoms with Crippen LogP contribution in [-0.4, -0.2) is 85.5 Å². The van der Waals surface area contributed by atoms with Gasteiger partial charge in [-0.25, -0.2) is 0 Å². The van der Waals surface area contributed by atoms with E-state index in [0.29, 0.717) is 6.42 Å². The van der Waals surface area contributed by atoms with E-state index in [1.165, 1.54) is 7.11 Å². The quantitative estimate of drug-likeness (QED) is 0.180. The molecule has 0 aliphatic rings. The first kappa shape index (κ1) is 36.3. The van der Waals surface area contributed by atoms with Crippen molar-refractivity contribution in [2.75, 3.05) is 7.11 Å². The van der Waals surface area contributed by atoms with Crippen molar-refractivity contribution in [3.8, 4) is 0 Å². The molecular weight excluding hydrogens is 536 g/mol. The molecule has 0 saturated heterocycles. The molecule has 40 heavy (non-hydrogen) atoms. The Bertz CT molecular complexity index is 898. The molecule has 0 aromatic rings. The zero-order chi connectivity index (χ0) is 31.0. The minimum atomic E-state index is -1.73. The highest BCUT2D eigenvalue weighted by atomic mass is 16.6. The van der Waals surface area contributed by atoms with Gasteiger partial charge in [-0.1, -0.05) is 13.3 Å². The summed E-state index contributed by atoms with van der Waals surface area (Å²) < 4.78 is 37.2. The zero-order valence-electron chi connectivity index (χ0n) is 24.2. The fraction of sp³-hybridized carbons (Fsp3) is 0.731. The van der Waals surface area contributed by atoms with E-state index in [4.69, 9.17) is 28.4 Å². The van der Waals surface area contributed by atoms with Gasteiger partial charge in [-0.2, -0.15) is 0 Å². The number of hydrogen-bond donors (Lipinski definition) is 0. The Labute approximate surface area is 233 Å². The molecule has 0 unspecified atom stereocenters. The molecule has 228 valence electrons. The Morgan fingerprint density at radius 1 is 0.500 bits per heavy atom. The van der Waals surface area contributed by atoms with Gasteiger partial charge in [0, 0.05) is 48.0 Å². The Kier molecular flexibility index (Phi) is 16.8. The molecule has 14 nitrogen and oxygen atoms in total. The van der Waals surface area contributed by atoms with Crippen LogP contribution in [-0.2, 0) is 66.7 Å². The van der Waals surface area contributed by atoms with Crippen molar-refractivity contribution in [1.29, 1.82) is 0 Å². The molecule has 0 rings (SSSR count). The van der Waals surface area contributed by atoms with E-state index in [1.807, 2.05) is 0 Å². The topological polar surface area (TPSA) is 184 Å². The first-order chi connectivity index (χ1) is 18.6. The van der Waals surface area contributed by atoms with Crippen LogP contribution in [0.3, 0.4) is 0 Å². The predicted octanol–water partition coefficient (Wildman–Crippen LogP) is 1.72. The standard InChI is InChI=1S/C26H40O14/c1-9-11-20(35-14(2)27)23(37-16(4)29)25(39-18(6)31)26(40-19(7)32)24(38-17(5)30)21(36-15(3)28)12-10-13-22(33)34-8/h20-21,23-26H,9-13H2,1-8H3/t20-,21-,23-,24-,25-,26+/m0/s1. The Hall–Kier alpha value is -3.71. The number of rotatable bonds is 17. The number of ether oxygens (including phenoxy) is 7. The van der Waals surface area contributed by atoms with Gasteiger partial charge in [0.15, 0.2) is 24.4 Å². The maximum absolute atomic E-state index is 12.3. The van der Waals surface area contributed by atoms with Crippen LogP contribution in [0.15, 0.2) is 0 Å². The summed E-state index contributed by atoms with van der Waals surface area (Å²) in [6, 6.07) is 0. The molecule has 0 aromatic heterocycles. The van der Waals surface area contributed by atoms with E-state index in [9.17, 15) is 33.6 Å². The molecule has 0 aliphatic heterocycles. The fourth-order valence-electron chi connectivity index (χ4n) is 3.96. The van der Waals surface area contributed by atoms with Crippen molar-refractivity contribution in [2.24, 2.45) is 0 Å². The van der Waals surface area contributed by atoms with Crippen molar-refractivity contribution in [2.45, 2.75) is 117 Å². The average molecular weight is 577 g/mol. The summed E-state index contributed by atoms with van der Waals surface area (Å²) >= 11 is 0. The molecule has 0 aromatic carbocycles. The maximum atomic E-state index is 12.3. The van der Waals surface area contributed by atoms with Gasteiger partial charge in [-0.15, -0.1) is 0 Å². The van der Waals surface area contributed by atoms with Gasteiger partial charge in [0.25, 0.3) is 0 Å². The highest BCUT2D eigenvalue weighted by Gasteiger charge is 2.50. The molecule has 0 bridgehead atoms. The van der Waals surface area contributed by atoms with Crippen LogP contribution in [0.1, 0.15) is 80.6 Å². The molecule has 0 saturated carbocycles. The fourth-order valence-corrected chi connectivity index (χ4v) is 3.96. The molecule has 0 radical (unpaired) electrons. The highest BCUT2D eigenvalue weighted by molar-refractivity contribution is 5.70. The summed E-state index contributed by atoms with van der Waals surface area (Å²) in [6.07, 6.45) is -8.63. The molecule has 14 heteroatoms. The second-order valence-electron chi connectivity index (χ2n) is 8.85. The lowest BCUT2D eigenvalue weighted by Gasteiger charge is -2.39. The third kappa shape index (κ3) is 14.4. The Morgan fingerprint density at radius 2 is 0.825 bits per heavy atom. The second kappa shape index (κ2) is 18.6. The minimum absolute atomic E-state index is 0.0856. The number of methoxy groups -OCH3 is 1. The minimum Gasteiger partial charge on any atom is -0.469 e. The van der Waals surface area contributed by atoms with Gasteiger partial charge < -0.3 is 33.2 Å². The molecule has 0 amide bonds. The predicted molar refractivity (Wildman–Crippen MR) is 134 cm³/mol. The molecule has 0 fully saturated rings. The van der Waals surface area contributed by atoms with Crippen molar-refractivity contribution >= 4 is 41.8 Å². The van der Waals surface area contributed by atoms with E-state index in [2.05, 4.69) is 4.74 Å². The summed E-state index contributed by atoms with van der Waals surface area (Å²) in [5.41, 5.74) is 0. The summed E-state index contributed by atoms with van der Waals surface area (Å²) in [7, 11) is 1.19. The van der Waals surface area contributed by atoms with Gasteiger partial charge in [-0.3, -0.25) is 33.6 Å². The van der Waals surface area contributed by atoms with Crippen LogP contribution in [0.5, 0.6) is 0 Å². The van der Waals surface area contributed by atoms with Crippen LogP contribution in [0.2, 0.25) is 0 Å². The maximum Gasteiger partial charge on any atom is 0.305 e. The number of carbonyl (C=O) groups excluding carboxylic acids is 7. The van der Waals surface area contributed by atoms with Crippen LogP contribution in [0.4, 0.5) is 0 Å². The van der Waals surface area contributed by atoms with Gasteiger partial charge >= 0.3 is 41.8 Å². The van der Waals surface area contributed by atoms with E-state index in [-0.39, 0.29) is 25.7 Å². The SMILES string of the molecule is CCC[C@H](OC(C)=O)[C@H](OC(C)=O)[C@H](OC(C)=O)[C@H](OC(C)=O)[C@@H](OC(C)=O)[C@H](CCCC(=O)OC)OC(C)=O. The van der Waals surface area contributed by atoms with E-state index < -0.39 is 78.4 Å². The van der Waals surface area contributed by atoms with Crippen LogP contribution < -0.4 is 0 Å². The van der Waals surface area contributed by atoms with Crippen molar-refractivity contribution in [1.82, 2.24) is 0 Å². The lowest BCUT2D eigenvalue weighted by Crippen LogP contribution is -2.58. The van der Waals surface area contributed by atoms with E-state index in [1.54, 1.807) is 6.92 Å². The number of hydrogen-bond acceptors (Lipinski definition) is 14. The monoisotopic (exact) mass is 576 g/mol. The van der Waals surface area contributed by atoms with Gasteiger partial charge in [0.05, 0.1) is 7.11 Å².